The zero-order valence-corrected chi connectivity index (χ0v) is 11.7. The first-order valence-corrected chi connectivity index (χ1v) is 6.28. The number of aryl methyl sites for hydroxylation is 2. The van der Waals surface area contributed by atoms with Gasteiger partial charge in [-0.25, -0.2) is 0 Å². The summed E-state index contributed by atoms with van der Waals surface area (Å²) in [7, 11) is 1.71. The highest BCUT2D eigenvalue weighted by molar-refractivity contribution is 6.33. The molecule has 0 aliphatic heterocycles. The van der Waals surface area contributed by atoms with Crippen LogP contribution in [0.1, 0.15) is 36.2 Å². The molecule has 0 saturated carbocycles. The third kappa shape index (κ3) is 2.76. The maximum atomic E-state index is 12.1. The van der Waals surface area contributed by atoms with Gasteiger partial charge in [-0.2, -0.15) is 5.10 Å². The molecule has 7 nitrogen and oxygen atoms in total. The fourth-order valence-corrected chi connectivity index (χ4v) is 2.05. The number of hydrogen-bond donors (Lipinski definition) is 1. The Balaban J connectivity index is 2.13. The van der Waals surface area contributed by atoms with E-state index in [0.29, 0.717) is 10.8 Å². The van der Waals surface area contributed by atoms with E-state index in [2.05, 4.69) is 20.6 Å². The first-order chi connectivity index (χ1) is 9.02. The van der Waals surface area contributed by atoms with Crippen LogP contribution in [0.25, 0.3) is 0 Å². The van der Waals surface area contributed by atoms with Crippen LogP contribution in [-0.2, 0) is 13.6 Å². The van der Waals surface area contributed by atoms with E-state index in [-0.39, 0.29) is 17.6 Å². The van der Waals surface area contributed by atoms with Crippen LogP contribution < -0.4 is 5.32 Å². The summed E-state index contributed by atoms with van der Waals surface area (Å²) >= 11 is 5.93. The van der Waals surface area contributed by atoms with E-state index in [9.17, 15) is 4.79 Å². The number of hydrogen-bond acceptors (Lipinski definition) is 4. The lowest BCUT2D eigenvalue weighted by molar-refractivity contribution is 0.0932. The predicted octanol–water partition coefficient (Wildman–Crippen LogP) is 1.18. The van der Waals surface area contributed by atoms with Crippen molar-refractivity contribution in [3.63, 3.8) is 0 Å². The molecule has 0 aromatic carbocycles. The Labute approximate surface area is 115 Å². The van der Waals surface area contributed by atoms with Crippen LogP contribution in [-0.4, -0.2) is 30.5 Å². The van der Waals surface area contributed by atoms with Gasteiger partial charge in [-0.15, -0.1) is 10.2 Å². The van der Waals surface area contributed by atoms with E-state index >= 15 is 0 Å². The van der Waals surface area contributed by atoms with E-state index < -0.39 is 0 Å². The van der Waals surface area contributed by atoms with Gasteiger partial charge in [-0.3, -0.25) is 9.48 Å². The first-order valence-electron chi connectivity index (χ1n) is 5.90. The summed E-state index contributed by atoms with van der Waals surface area (Å²) in [5.74, 6) is 0.367. The van der Waals surface area contributed by atoms with Gasteiger partial charge in [0.15, 0.2) is 11.5 Å². The van der Waals surface area contributed by atoms with Crippen LogP contribution in [0.4, 0.5) is 0 Å². The van der Waals surface area contributed by atoms with Gasteiger partial charge >= 0.3 is 0 Å². The van der Waals surface area contributed by atoms with E-state index in [1.807, 2.05) is 18.4 Å². The fourth-order valence-electron chi connectivity index (χ4n) is 1.79. The van der Waals surface area contributed by atoms with Gasteiger partial charge in [-0.1, -0.05) is 11.6 Å². The number of aromatic nitrogens is 5. The Hall–Kier alpha value is -1.89. The maximum Gasteiger partial charge on any atom is 0.273 e. The van der Waals surface area contributed by atoms with Crippen molar-refractivity contribution in [2.75, 3.05) is 0 Å². The summed E-state index contributed by atoms with van der Waals surface area (Å²) < 4.78 is 3.36. The molecular formula is C11H15ClN6O. The lowest BCUT2D eigenvalue weighted by Gasteiger charge is -2.13. The van der Waals surface area contributed by atoms with Crippen molar-refractivity contribution in [2.45, 2.75) is 26.4 Å². The Kier molecular flexibility index (Phi) is 3.84. The highest BCUT2D eigenvalue weighted by atomic mass is 35.5. The number of amides is 1. The summed E-state index contributed by atoms with van der Waals surface area (Å²) in [6.07, 6.45) is 3.21. The number of nitrogens with zero attached hydrogens (tertiary/aromatic N) is 5. The minimum Gasteiger partial charge on any atom is -0.341 e. The Bertz CT molecular complexity index is 590. The number of carbonyl (C=O) groups excluding carboxylic acids is 1. The van der Waals surface area contributed by atoms with Crippen LogP contribution in [0.15, 0.2) is 12.5 Å². The molecule has 0 fully saturated rings. The Morgan fingerprint density at radius 1 is 1.58 bits per heavy atom. The highest BCUT2D eigenvalue weighted by Crippen LogP contribution is 2.15. The second-order valence-electron chi connectivity index (χ2n) is 4.17. The van der Waals surface area contributed by atoms with Gasteiger partial charge in [0.2, 0.25) is 0 Å². The second kappa shape index (κ2) is 5.40. The minimum atomic E-state index is -0.330. The largest absolute Gasteiger partial charge is 0.341 e. The van der Waals surface area contributed by atoms with Crippen molar-refractivity contribution >= 4 is 17.5 Å². The summed E-state index contributed by atoms with van der Waals surface area (Å²) in [5.41, 5.74) is 0.207. The Morgan fingerprint density at radius 2 is 2.32 bits per heavy atom. The lowest BCUT2D eigenvalue weighted by atomic mass is 10.3. The third-order valence-electron chi connectivity index (χ3n) is 2.72. The summed E-state index contributed by atoms with van der Waals surface area (Å²) in [6.45, 7) is 4.56. The van der Waals surface area contributed by atoms with Gasteiger partial charge in [0, 0.05) is 19.8 Å². The lowest BCUT2D eigenvalue weighted by Crippen LogP contribution is -2.29. The van der Waals surface area contributed by atoms with Gasteiger partial charge in [0.1, 0.15) is 6.33 Å². The maximum absolute atomic E-state index is 12.1. The quantitative estimate of drug-likeness (QED) is 0.913. The van der Waals surface area contributed by atoms with Crippen molar-refractivity contribution in [3.05, 3.63) is 29.1 Å². The summed E-state index contributed by atoms with van der Waals surface area (Å²) in [5, 5.41) is 15.0. The van der Waals surface area contributed by atoms with Crippen molar-refractivity contribution in [2.24, 2.45) is 7.05 Å². The molecule has 1 atom stereocenters. The summed E-state index contributed by atoms with van der Waals surface area (Å²) in [6, 6.07) is -0.270. The molecule has 0 unspecified atom stereocenters. The molecule has 8 heteroatoms. The van der Waals surface area contributed by atoms with Gasteiger partial charge in [0.05, 0.1) is 11.1 Å². The van der Waals surface area contributed by atoms with Crippen molar-refractivity contribution in [1.82, 2.24) is 29.9 Å². The molecule has 2 aromatic rings. The number of halogens is 1. The van der Waals surface area contributed by atoms with E-state index in [4.69, 9.17) is 11.6 Å². The minimum absolute atomic E-state index is 0.207. The molecule has 0 spiro atoms. The molecule has 2 rings (SSSR count). The standard InChI is InChI=1S/C11H15ClN6O/c1-4-18-6-13-15-10(18)7(2)14-11(19)9-8(12)5-17(3)16-9/h5-7H,4H2,1-3H3,(H,14,19)/t7-/m1/s1. The molecule has 1 N–H and O–H groups in total. The van der Waals surface area contributed by atoms with Gasteiger partial charge in [0.25, 0.3) is 5.91 Å². The average molecular weight is 283 g/mol. The smallest absolute Gasteiger partial charge is 0.273 e. The van der Waals surface area contributed by atoms with Crippen LogP contribution in [0.2, 0.25) is 5.02 Å². The topological polar surface area (TPSA) is 77.6 Å². The molecule has 19 heavy (non-hydrogen) atoms. The van der Waals surface area contributed by atoms with Crippen molar-refractivity contribution in [3.8, 4) is 0 Å². The molecule has 0 aliphatic carbocycles. The third-order valence-corrected chi connectivity index (χ3v) is 3.00. The zero-order valence-electron chi connectivity index (χ0n) is 11.0. The van der Waals surface area contributed by atoms with Crippen LogP contribution in [0.5, 0.6) is 0 Å². The summed E-state index contributed by atoms with van der Waals surface area (Å²) in [4.78, 5) is 12.1. The predicted molar refractivity (Wildman–Crippen MR) is 69.8 cm³/mol. The molecule has 102 valence electrons. The monoisotopic (exact) mass is 282 g/mol. The van der Waals surface area contributed by atoms with E-state index in [1.165, 1.54) is 4.68 Å². The first kappa shape index (κ1) is 13.5. The van der Waals surface area contributed by atoms with Gasteiger partial charge < -0.3 is 9.88 Å². The SMILES string of the molecule is CCn1cnnc1[C@@H](C)NC(=O)c1nn(C)cc1Cl. The fraction of sp³-hybridized carbons (Fsp3) is 0.455. The van der Waals surface area contributed by atoms with Gasteiger partial charge in [-0.05, 0) is 13.8 Å². The van der Waals surface area contributed by atoms with E-state index in [0.717, 1.165) is 6.54 Å². The molecule has 0 saturated heterocycles. The number of carbonyl (C=O) groups is 1. The van der Waals surface area contributed by atoms with Crippen molar-refractivity contribution < 1.29 is 4.79 Å². The molecule has 2 heterocycles. The molecule has 1 amide bonds. The van der Waals surface area contributed by atoms with E-state index in [1.54, 1.807) is 19.6 Å². The zero-order chi connectivity index (χ0) is 14.0. The molecule has 0 bridgehead atoms. The average Bonchev–Trinajstić information content (AvgIpc) is 2.95. The normalized spacial score (nSPS) is 12.4. The van der Waals surface area contributed by atoms with Crippen LogP contribution in [0.3, 0.4) is 0 Å². The number of nitrogens with one attached hydrogen (secondary N) is 1. The Morgan fingerprint density at radius 3 is 2.89 bits per heavy atom. The second-order valence-corrected chi connectivity index (χ2v) is 4.58. The van der Waals surface area contributed by atoms with Crippen LogP contribution in [0, 0.1) is 0 Å². The van der Waals surface area contributed by atoms with Crippen molar-refractivity contribution in [1.29, 1.82) is 0 Å². The molecule has 2 aromatic heterocycles. The molecular weight excluding hydrogens is 268 g/mol. The van der Waals surface area contributed by atoms with Crippen LogP contribution >= 0.6 is 11.6 Å². The highest BCUT2D eigenvalue weighted by Gasteiger charge is 2.20. The number of rotatable bonds is 4. The molecule has 0 aliphatic rings. The molecule has 0 radical (unpaired) electrons.